The first kappa shape index (κ1) is 11.3. The van der Waals surface area contributed by atoms with Crippen molar-refractivity contribution in [3.8, 4) is 0 Å². The quantitative estimate of drug-likeness (QED) is 0.868. The number of nitrogens with one attached hydrogen (secondary N) is 1. The van der Waals surface area contributed by atoms with Crippen LogP contribution >= 0.6 is 0 Å². The lowest BCUT2D eigenvalue weighted by Gasteiger charge is -2.42. The lowest BCUT2D eigenvalue weighted by molar-refractivity contribution is 0.269. The van der Waals surface area contributed by atoms with Crippen LogP contribution in [0.25, 0.3) is 11.0 Å². The number of hydrogen-bond acceptors (Lipinski definition) is 4. The molecule has 0 atom stereocenters. The molecule has 1 aromatic heterocycles. The maximum absolute atomic E-state index is 5.99. The molecule has 0 spiro atoms. The van der Waals surface area contributed by atoms with Crippen molar-refractivity contribution in [2.45, 2.75) is 38.1 Å². The first-order chi connectivity index (χ1) is 8.72. The Balaban J connectivity index is 1.98. The number of nitrogens with zero attached hydrogens (tertiary/aromatic N) is 2. The van der Waals surface area contributed by atoms with Gasteiger partial charge >= 0.3 is 0 Å². The van der Waals surface area contributed by atoms with Gasteiger partial charge in [0.2, 0.25) is 0 Å². The predicted octanol–water partition coefficient (Wildman–Crippen LogP) is 2.96. The van der Waals surface area contributed by atoms with Gasteiger partial charge in [-0.05, 0) is 37.8 Å². The zero-order valence-electron chi connectivity index (χ0n) is 10.6. The van der Waals surface area contributed by atoms with Crippen LogP contribution in [-0.4, -0.2) is 15.5 Å². The van der Waals surface area contributed by atoms with Gasteiger partial charge in [0, 0.05) is 5.54 Å². The molecule has 0 amide bonds. The highest BCUT2D eigenvalue weighted by Crippen LogP contribution is 2.38. The van der Waals surface area contributed by atoms with Gasteiger partial charge in [-0.1, -0.05) is 19.1 Å². The molecule has 94 valence electrons. The van der Waals surface area contributed by atoms with Crippen molar-refractivity contribution in [2.24, 2.45) is 0 Å². The number of fused-ring (bicyclic) bond motifs is 1. The normalized spacial score (nSPS) is 17.4. The molecule has 0 aliphatic heterocycles. The van der Waals surface area contributed by atoms with E-state index in [1.54, 1.807) is 0 Å². The molecule has 0 bridgehead atoms. The fourth-order valence-electron chi connectivity index (χ4n) is 2.53. The van der Waals surface area contributed by atoms with E-state index < -0.39 is 0 Å². The smallest absolute Gasteiger partial charge is 0.169 e. The average Bonchev–Trinajstić information content (AvgIpc) is 2.34. The number of benzene rings is 1. The van der Waals surface area contributed by atoms with Gasteiger partial charge in [-0.25, -0.2) is 9.97 Å². The van der Waals surface area contributed by atoms with Crippen LogP contribution in [-0.2, 0) is 0 Å². The number of rotatable bonds is 3. The summed E-state index contributed by atoms with van der Waals surface area (Å²) in [7, 11) is 0. The summed E-state index contributed by atoms with van der Waals surface area (Å²) in [5, 5.41) is 3.50. The molecule has 1 aliphatic carbocycles. The lowest BCUT2D eigenvalue weighted by atomic mass is 9.75. The minimum Gasteiger partial charge on any atom is -0.381 e. The molecule has 1 aliphatic rings. The summed E-state index contributed by atoms with van der Waals surface area (Å²) in [6.45, 7) is 2.21. The van der Waals surface area contributed by atoms with Gasteiger partial charge in [0.05, 0.1) is 11.0 Å². The molecule has 3 N–H and O–H groups in total. The van der Waals surface area contributed by atoms with Crippen LogP contribution in [0.15, 0.2) is 24.3 Å². The Kier molecular flexibility index (Phi) is 2.58. The van der Waals surface area contributed by atoms with E-state index in [0.29, 0.717) is 5.82 Å². The molecule has 3 rings (SSSR count). The summed E-state index contributed by atoms with van der Waals surface area (Å²) >= 11 is 0. The summed E-state index contributed by atoms with van der Waals surface area (Å²) in [5.41, 5.74) is 7.91. The number of nitrogens with two attached hydrogens (primary N) is 1. The largest absolute Gasteiger partial charge is 0.381 e. The topological polar surface area (TPSA) is 63.8 Å². The third-order valence-corrected chi connectivity index (χ3v) is 3.97. The van der Waals surface area contributed by atoms with Crippen LogP contribution in [0.5, 0.6) is 0 Å². The number of hydrogen-bond donors (Lipinski definition) is 2. The average molecular weight is 242 g/mol. The lowest BCUT2D eigenvalue weighted by Crippen LogP contribution is -2.44. The van der Waals surface area contributed by atoms with Gasteiger partial charge in [0.25, 0.3) is 0 Å². The zero-order valence-corrected chi connectivity index (χ0v) is 10.6. The van der Waals surface area contributed by atoms with Crippen molar-refractivity contribution in [1.29, 1.82) is 0 Å². The van der Waals surface area contributed by atoms with Crippen LogP contribution < -0.4 is 11.1 Å². The molecule has 1 fully saturated rings. The second-order valence-corrected chi connectivity index (χ2v) is 5.06. The molecule has 1 aromatic carbocycles. The molecule has 2 aromatic rings. The summed E-state index contributed by atoms with van der Waals surface area (Å²) in [4.78, 5) is 9.00. The first-order valence-electron chi connectivity index (χ1n) is 6.53. The molecule has 4 nitrogen and oxygen atoms in total. The summed E-state index contributed by atoms with van der Waals surface area (Å²) in [6, 6.07) is 7.81. The zero-order chi connectivity index (χ0) is 12.6. The van der Waals surface area contributed by atoms with Crippen molar-refractivity contribution in [1.82, 2.24) is 9.97 Å². The van der Waals surface area contributed by atoms with Crippen molar-refractivity contribution in [3.63, 3.8) is 0 Å². The van der Waals surface area contributed by atoms with E-state index in [0.717, 1.165) is 23.3 Å². The van der Waals surface area contributed by atoms with Gasteiger partial charge in [-0.15, -0.1) is 0 Å². The van der Waals surface area contributed by atoms with E-state index in [9.17, 15) is 0 Å². The van der Waals surface area contributed by atoms with Gasteiger partial charge in [-0.3, -0.25) is 0 Å². The highest BCUT2D eigenvalue weighted by molar-refractivity contribution is 5.79. The Hall–Kier alpha value is -1.84. The van der Waals surface area contributed by atoms with Crippen LogP contribution in [0.4, 0.5) is 11.6 Å². The fourth-order valence-corrected chi connectivity index (χ4v) is 2.53. The van der Waals surface area contributed by atoms with Crippen LogP contribution in [0.2, 0.25) is 0 Å². The highest BCUT2D eigenvalue weighted by Gasteiger charge is 2.35. The minimum absolute atomic E-state index is 0.186. The molecule has 0 unspecified atom stereocenters. The van der Waals surface area contributed by atoms with Gasteiger partial charge in [0.1, 0.15) is 0 Å². The van der Waals surface area contributed by atoms with E-state index in [4.69, 9.17) is 5.73 Å². The fraction of sp³-hybridized carbons (Fsp3) is 0.429. The van der Waals surface area contributed by atoms with Crippen molar-refractivity contribution in [2.75, 3.05) is 11.1 Å². The Morgan fingerprint density at radius 2 is 1.89 bits per heavy atom. The molecule has 1 heterocycles. The van der Waals surface area contributed by atoms with E-state index in [1.807, 2.05) is 24.3 Å². The summed E-state index contributed by atoms with van der Waals surface area (Å²) in [6.07, 6.45) is 4.76. The van der Waals surface area contributed by atoms with Gasteiger partial charge in [-0.2, -0.15) is 0 Å². The van der Waals surface area contributed by atoms with Gasteiger partial charge in [0.15, 0.2) is 11.6 Å². The molecule has 0 saturated heterocycles. The minimum atomic E-state index is 0.186. The van der Waals surface area contributed by atoms with Crippen LogP contribution in [0, 0.1) is 0 Å². The van der Waals surface area contributed by atoms with Crippen molar-refractivity contribution >= 4 is 22.7 Å². The molecular formula is C14H18N4. The number of para-hydroxylation sites is 2. The van der Waals surface area contributed by atoms with Crippen LogP contribution in [0.3, 0.4) is 0 Å². The van der Waals surface area contributed by atoms with E-state index in [1.165, 1.54) is 19.3 Å². The molecular weight excluding hydrogens is 224 g/mol. The van der Waals surface area contributed by atoms with E-state index in [2.05, 4.69) is 22.2 Å². The first-order valence-corrected chi connectivity index (χ1v) is 6.53. The summed E-state index contributed by atoms with van der Waals surface area (Å²) < 4.78 is 0. The van der Waals surface area contributed by atoms with Crippen LogP contribution in [0.1, 0.15) is 32.6 Å². The van der Waals surface area contributed by atoms with Crippen molar-refractivity contribution < 1.29 is 0 Å². The highest BCUT2D eigenvalue weighted by atomic mass is 15.1. The van der Waals surface area contributed by atoms with E-state index in [-0.39, 0.29) is 5.54 Å². The predicted molar refractivity (Wildman–Crippen MR) is 74.4 cm³/mol. The second-order valence-electron chi connectivity index (χ2n) is 5.06. The number of anilines is 2. The molecule has 18 heavy (non-hydrogen) atoms. The van der Waals surface area contributed by atoms with Crippen molar-refractivity contribution in [3.05, 3.63) is 24.3 Å². The molecule has 1 saturated carbocycles. The summed E-state index contributed by atoms with van der Waals surface area (Å²) in [5.74, 6) is 1.23. The molecule has 4 heteroatoms. The Morgan fingerprint density at radius 3 is 2.44 bits per heavy atom. The molecule has 0 radical (unpaired) electrons. The SMILES string of the molecule is CCC1(Nc2nc3ccccc3nc2N)CCC1. The second kappa shape index (κ2) is 4.12. The van der Waals surface area contributed by atoms with E-state index >= 15 is 0 Å². The third-order valence-electron chi connectivity index (χ3n) is 3.97. The third kappa shape index (κ3) is 1.78. The number of nitrogen functional groups attached to an aromatic ring is 1. The number of aromatic nitrogens is 2. The maximum Gasteiger partial charge on any atom is 0.169 e. The Labute approximate surface area is 107 Å². The maximum atomic E-state index is 5.99. The Morgan fingerprint density at radius 1 is 1.22 bits per heavy atom. The van der Waals surface area contributed by atoms with Gasteiger partial charge < -0.3 is 11.1 Å². The Bertz CT molecular complexity index is 570. The standard InChI is InChI=1S/C14H18N4/c1-2-14(8-5-9-14)18-13-12(15)16-10-6-3-4-7-11(10)17-13/h3-4,6-7H,2,5,8-9H2,1H3,(H2,15,16)(H,17,18). The monoisotopic (exact) mass is 242 g/mol.